The molecule has 2 heterocycles. The van der Waals surface area contributed by atoms with E-state index in [1.54, 1.807) is 18.3 Å². The number of ether oxygens (including phenoxy) is 2. The third-order valence-electron chi connectivity index (χ3n) is 8.05. The Morgan fingerprint density at radius 2 is 1.72 bits per heavy atom. The van der Waals surface area contributed by atoms with Crippen LogP contribution in [-0.2, 0) is 31.1 Å². The minimum atomic E-state index is -4.63. The maximum absolute atomic E-state index is 13.0. The van der Waals surface area contributed by atoms with Crippen molar-refractivity contribution in [2.24, 2.45) is 0 Å². The van der Waals surface area contributed by atoms with Crippen LogP contribution in [0.3, 0.4) is 0 Å². The van der Waals surface area contributed by atoms with E-state index in [-0.39, 0.29) is 36.8 Å². The highest BCUT2D eigenvalue weighted by atomic mass is 35.5. The molecule has 0 spiro atoms. The molecular weight excluding hydrogens is 723 g/mol. The summed E-state index contributed by atoms with van der Waals surface area (Å²) in [6.45, 7) is -1.71. The molecule has 1 aliphatic carbocycles. The number of rotatable bonds is 18. The van der Waals surface area contributed by atoms with Crippen molar-refractivity contribution in [3.05, 3.63) is 82.9 Å². The summed E-state index contributed by atoms with van der Waals surface area (Å²) >= 11 is 6.02. The fraction of sp³-hybridized carbons (Fsp3) is 0.353. The molecule has 2 aromatic heterocycles. The van der Waals surface area contributed by atoms with Gasteiger partial charge in [-0.25, -0.2) is 9.78 Å². The molecule has 1 aliphatic rings. The first-order valence-corrected chi connectivity index (χ1v) is 16.7. The number of aromatic nitrogens is 5. The Hall–Kier alpha value is -5.78. The smallest absolute Gasteiger partial charge is 0.422 e. The lowest BCUT2D eigenvalue weighted by molar-refractivity contribution is -0.154. The second-order valence-electron chi connectivity index (χ2n) is 12.0. The number of methoxy groups -OCH3 is 1. The Bertz CT molecular complexity index is 1890. The zero-order chi connectivity index (χ0) is 38.0. The fourth-order valence-electron chi connectivity index (χ4n) is 5.14. The summed E-state index contributed by atoms with van der Waals surface area (Å²) in [5, 5.41) is 11.6. The molecule has 1 saturated carbocycles. The first-order chi connectivity index (χ1) is 25.3. The van der Waals surface area contributed by atoms with Gasteiger partial charge in [0.05, 0.1) is 19.0 Å². The highest BCUT2D eigenvalue weighted by Gasteiger charge is 2.45. The maximum atomic E-state index is 13.0. The minimum absolute atomic E-state index is 0.0240. The van der Waals surface area contributed by atoms with Gasteiger partial charge in [-0.1, -0.05) is 23.7 Å². The third-order valence-corrected chi connectivity index (χ3v) is 8.30. The number of halogens is 4. The van der Waals surface area contributed by atoms with Crippen LogP contribution in [0, 0.1) is 0 Å². The zero-order valence-corrected chi connectivity index (χ0v) is 29.0. The molecule has 15 nitrogen and oxygen atoms in total. The number of ketones is 1. The van der Waals surface area contributed by atoms with Gasteiger partial charge in [0.1, 0.15) is 6.04 Å². The van der Waals surface area contributed by atoms with Gasteiger partial charge in [0.25, 0.3) is 11.8 Å². The Kier molecular flexibility index (Phi) is 12.4. The van der Waals surface area contributed by atoms with Crippen molar-refractivity contribution < 1.29 is 41.8 Å². The van der Waals surface area contributed by atoms with Crippen LogP contribution in [0.15, 0.2) is 61.1 Å². The van der Waals surface area contributed by atoms with E-state index in [0.717, 1.165) is 18.4 Å². The van der Waals surface area contributed by atoms with E-state index in [4.69, 9.17) is 21.1 Å². The van der Waals surface area contributed by atoms with Gasteiger partial charge in [0.15, 0.2) is 6.61 Å². The third kappa shape index (κ3) is 11.4. The largest absolute Gasteiger partial charge is 0.467 e. The summed E-state index contributed by atoms with van der Waals surface area (Å²) in [5.74, 6) is -2.98. The lowest BCUT2D eigenvalue weighted by Crippen LogP contribution is -2.44. The number of nitrogens with one attached hydrogen (secondary N) is 5. The van der Waals surface area contributed by atoms with E-state index in [1.807, 2.05) is 12.1 Å². The molecule has 19 heteroatoms. The average Bonchev–Trinajstić information content (AvgIpc) is 3.71. The van der Waals surface area contributed by atoms with Crippen molar-refractivity contribution in [1.29, 1.82) is 0 Å². The molecule has 0 saturated heterocycles. The summed E-state index contributed by atoms with van der Waals surface area (Å²) in [7, 11) is 1.15. The second kappa shape index (κ2) is 17.2. The highest BCUT2D eigenvalue weighted by molar-refractivity contribution is 6.36. The van der Waals surface area contributed by atoms with Gasteiger partial charge >= 0.3 is 18.2 Å². The molecular formula is C34H35ClF3N9O6. The number of alkyl halides is 3. The van der Waals surface area contributed by atoms with Crippen LogP contribution in [0.5, 0.6) is 6.01 Å². The topological polar surface area (TPSA) is 202 Å². The van der Waals surface area contributed by atoms with Crippen molar-refractivity contribution in [3.8, 4) is 6.01 Å². The van der Waals surface area contributed by atoms with Crippen molar-refractivity contribution in [3.63, 3.8) is 0 Å². The number of amides is 2. The number of aromatic amines is 1. The Balaban J connectivity index is 1.18. The van der Waals surface area contributed by atoms with Crippen LogP contribution in [0.2, 0.25) is 5.02 Å². The van der Waals surface area contributed by atoms with Gasteiger partial charge in [-0.2, -0.15) is 28.1 Å². The van der Waals surface area contributed by atoms with E-state index in [2.05, 4.69) is 46.2 Å². The van der Waals surface area contributed by atoms with Crippen molar-refractivity contribution >= 4 is 52.8 Å². The molecule has 2 amide bonds. The maximum Gasteiger partial charge on any atom is 0.422 e. The van der Waals surface area contributed by atoms with Gasteiger partial charge in [-0.15, -0.1) is 0 Å². The van der Waals surface area contributed by atoms with Crippen LogP contribution in [0.1, 0.15) is 53.7 Å². The van der Waals surface area contributed by atoms with E-state index in [0.29, 0.717) is 36.4 Å². The SMILES string of the molecule is COC(=O)[C@H](CCNC(=O)C(=O)CCCc1cnc[nH]1)NC(=O)c1ccc(Nc2nc(NC3(c4ccc(Cl)cc4)CC3)nc(OCC(F)(F)F)n2)cc1. The van der Waals surface area contributed by atoms with Crippen LogP contribution >= 0.6 is 11.6 Å². The van der Waals surface area contributed by atoms with E-state index >= 15 is 0 Å². The molecule has 5 N–H and O–H groups in total. The van der Waals surface area contributed by atoms with Gasteiger partial charge in [0.2, 0.25) is 17.7 Å². The lowest BCUT2D eigenvalue weighted by Gasteiger charge is -2.19. The molecule has 0 aliphatic heterocycles. The normalized spacial score (nSPS) is 13.7. The molecule has 0 radical (unpaired) electrons. The second-order valence-corrected chi connectivity index (χ2v) is 12.5. The number of carbonyl (C=O) groups is 4. The van der Waals surface area contributed by atoms with Crippen molar-refractivity contribution in [1.82, 2.24) is 35.6 Å². The molecule has 1 atom stereocenters. The monoisotopic (exact) mass is 757 g/mol. The van der Waals surface area contributed by atoms with Crippen molar-refractivity contribution in [2.75, 3.05) is 30.9 Å². The quantitative estimate of drug-likeness (QED) is 0.0709. The summed E-state index contributed by atoms with van der Waals surface area (Å²) in [5.41, 5.74) is 1.69. The van der Waals surface area contributed by atoms with Crippen molar-refractivity contribution in [2.45, 2.75) is 56.3 Å². The number of carbonyl (C=O) groups excluding carboxylic acids is 4. The number of imidazole rings is 1. The Morgan fingerprint density at radius 1 is 1.00 bits per heavy atom. The molecule has 0 bridgehead atoms. The lowest BCUT2D eigenvalue weighted by atomic mass is 10.1. The number of esters is 1. The Labute approximate surface area is 305 Å². The highest BCUT2D eigenvalue weighted by Crippen LogP contribution is 2.48. The number of hydrogen-bond donors (Lipinski definition) is 5. The van der Waals surface area contributed by atoms with Crippen LogP contribution in [0.25, 0.3) is 0 Å². The number of anilines is 3. The van der Waals surface area contributed by atoms with E-state index in [9.17, 15) is 32.3 Å². The Morgan fingerprint density at radius 3 is 2.36 bits per heavy atom. The fourth-order valence-corrected chi connectivity index (χ4v) is 5.27. The number of nitrogens with zero attached hydrogens (tertiary/aromatic N) is 4. The molecule has 280 valence electrons. The average molecular weight is 758 g/mol. The summed E-state index contributed by atoms with van der Waals surface area (Å²) in [6, 6.07) is 11.3. The predicted octanol–water partition coefficient (Wildman–Crippen LogP) is 4.40. The summed E-state index contributed by atoms with van der Waals surface area (Å²) in [4.78, 5) is 69.0. The van der Waals surface area contributed by atoms with Crippen LogP contribution < -0.4 is 26.0 Å². The van der Waals surface area contributed by atoms with Gasteiger partial charge in [-0.3, -0.25) is 14.4 Å². The van der Waals surface area contributed by atoms with E-state index < -0.39 is 53.9 Å². The van der Waals surface area contributed by atoms with E-state index in [1.165, 1.54) is 30.6 Å². The molecule has 4 aromatic rings. The molecule has 1 fully saturated rings. The van der Waals surface area contributed by atoms with Crippen LogP contribution in [-0.4, -0.2) is 81.0 Å². The van der Waals surface area contributed by atoms with Crippen LogP contribution in [0.4, 0.5) is 30.8 Å². The van der Waals surface area contributed by atoms with Gasteiger partial charge < -0.3 is 35.7 Å². The number of Topliss-reactive ketones (excluding diaryl/α,β-unsaturated/α-hetero) is 1. The first kappa shape index (κ1) is 38.5. The molecule has 5 rings (SSSR count). The number of hydrogen-bond acceptors (Lipinski definition) is 12. The number of benzene rings is 2. The van der Waals surface area contributed by atoms with Gasteiger partial charge in [0, 0.05) is 41.1 Å². The molecule has 2 aromatic carbocycles. The minimum Gasteiger partial charge on any atom is -0.467 e. The summed E-state index contributed by atoms with van der Waals surface area (Å²) in [6.07, 6.45) is 0.913. The standard InChI is InChI=1S/C34H35ClF3N9O6/c1-52-29(51)25(13-16-40-28(50)26(48)4-2-3-24-17-39-19-41-24)43-27(49)20-5-11-23(12-6-20)42-30-44-31(46-32(45-30)53-18-34(36,37)38)47-33(14-15-33)21-7-9-22(35)10-8-21/h5-12,17,19,25H,2-4,13-16,18H2,1H3,(H,39,41)(H,40,50)(H,43,49)(H2,42,44,45,46,47)/t25-/m0/s1. The molecule has 0 unspecified atom stereocenters. The molecule has 53 heavy (non-hydrogen) atoms. The number of aryl methyl sites for hydroxylation is 1. The number of H-pyrrole nitrogens is 1. The summed E-state index contributed by atoms with van der Waals surface area (Å²) < 4.78 is 48.4. The first-order valence-electron chi connectivity index (χ1n) is 16.4. The predicted molar refractivity (Wildman–Crippen MR) is 185 cm³/mol. The van der Waals surface area contributed by atoms with Gasteiger partial charge in [-0.05, 0) is 74.1 Å². The zero-order valence-electron chi connectivity index (χ0n) is 28.3.